The third-order valence-electron chi connectivity index (χ3n) is 1.73. The first-order chi connectivity index (χ1) is 5.24. The van der Waals surface area contributed by atoms with Crippen molar-refractivity contribution in [2.45, 2.75) is 26.3 Å². The Morgan fingerprint density at radius 1 is 1.50 bits per heavy atom. The van der Waals surface area contributed by atoms with Crippen LogP contribution in [-0.2, 0) is 0 Å². The van der Waals surface area contributed by atoms with E-state index in [2.05, 4.69) is 11.9 Å². The Hall–Kier alpha value is -0.600. The first-order valence-electron chi connectivity index (χ1n) is 3.93. The van der Waals surface area contributed by atoms with Crippen LogP contribution >= 0.6 is 12.4 Å². The fourth-order valence-corrected chi connectivity index (χ4v) is 0.980. The van der Waals surface area contributed by atoms with Crippen LogP contribution in [0.4, 0.5) is 0 Å². The van der Waals surface area contributed by atoms with Crippen molar-refractivity contribution >= 4 is 12.4 Å². The first-order valence-corrected chi connectivity index (χ1v) is 3.93. The predicted octanol–water partition coefficient (Wildman–Crippen LogP) is 2.22. The summed E-state index contributed by atoms with van der Waals surface area (Å²) in [5.74, 6) is 0. The summed E-state index contributed by atoms with van der Waals surface area (Å²) in [4.78, 5) is 4.32. The lowest BCUT2D eigenvalue weighted by molar-refractivity contribution is 0.673. The number of rotatable bonds is 2. The third kappa shape index (κ3) is 2.80. The van der Waals surface area contributed by atoms with E-state index in [1.54, 1.807) is 0 Å². The summed E-state index contributed by atoms with van der Waals surface area (Å²) in [6, 6.07) is 6.04. The Bertz CT molecular complexity index is 238. The second-order valence-electron chi connectivity index (χ2n) is 2.72. The normalized spacial score (nSPS) is 11.9. The Morgan fingerprint density at radius 2 is 2.17 bits per heavy atom. The topological polar surface area (TPSA) is 38.9 Å². The molecule has 1 rings (SSSR count). The highest BCUT2D eigenvalue weighted by Crippen LogP contribution is 2.10. The molecule has 0 aliphatic rings. The Morgan fingerprint density at radius 3 is 2.67 bits per heavy atom. The van der Waals surface area contributed by atoms with E-state index in [1.807, 2.05) is 25.1 Å². The molecule has 1 aromatic heterocycles. The maximum Gasteiger partial charge on any atom is 0.0574 e. The maximum atomic E-state index is 5.80. The van der Waals surface area contributed by atoms with E-state index in [9.17, 15) is 0 Å². The van der Waals surface area contributed by atoms with E-state index < -0.39 is 0 Å². The van der Waals surface area contributed by atoms with E-state index >= 15 is 0 Å². The molecule has 3 heteroatoms. The summed E-state index contributed by atoms with van der Waals surface area (Å²) in [6.45, 7) is 4.04. The molecule has 12 heavy (non-hydrogen) atoms. The molecule has 0 saturated heterocycles. The monoisotopic (exact) mass is 186 g/mol. The van der Waals surface area contributed by atoms with Gasteiger partial charge in [0.2, 0.25) is 0 Å². The summed E-state index contributed by atoms with van der Waals surface area (Å²) in [5.41, 5.74) is 7.83. The molecule has 0 unspecified atom stereocenters. The highest BCUT2D eigenvalue weighted by molar-refractivity contribution is 5.85. The Kier molecular flexibility index (Phi) is 4.86. The van der Waals surface area contributed by atoms with Crippen molar-refractivity contribution in [3.8, 4) is 0 Å². The molecule has 68 valence electrons. The molecule has 1 aromatic rings. The highest BCUT2D eigenvalue weighted by Gasteiger charge is 2.02. The van der Waals surface area contributed by atoms with Crippen LogP contribution in [0.15, 0.2) is 18.2 Å². The number of hydrogen-bond acceptors (Lipinski definition) is 2. The van der Waals surface area contributed by atoms with Crippen molar-refractivity contribution in [3.05, 3.63) is 29.6 Å². The van der Waals surface area contributed by atoms with Crippen molar-refractivity contribution in [1.82, 2.24) is 4.98 Å². The van der Waals surface area contributed by atoms with Gasteiger partial charge < -0.3 is 5.73 Å². The van der Waals surface area contributed by atoms with Gasteiger partial charge in [-0.3, -0.25) is 4.98 Å². The van der Waals surface area contributed by atoms with Gasteiger partial charge in [0.15, 0.2) is 0 Å². The second kappa shape index (κ2) is 5.12. The summed E-state index contributed by atoms with van der Waals surface area (Å²) in [6.07, 6.45) is 0.941. The standard InChI is InChI=1S/C9H14N2.ClH/c1-3-8(10)9-6-4-5-7(2)11-9;/h4-6,8H,3,10H2,1-2H3;1H/t8-;/m0./s1. The summed E-state index contributed by atoms with van der Waals surface area (Å²) < 4.78 is 0. The van der Waals surface area contributed by atoms with Crippen LogP contribution in [0.1, 0.15) is 30.8 Å². The average molecular weight is 187 g/mol. The van der Waals surface area contributed by atoms with Crippen LogP contribution in [0.5, 0.6) is 0 Å². The SMILES string of the molecule is CC[C@H](N)c1cccc(C)n1.Cl. The van der Waals surface area contributed by atoms with Crippen molar-refractivity contribution in [3.63, 3.8) is 0 Å². The van der Waals surface area contributed by atoms with Crippen molar-refractivity contribution in [2.24, 2.45) is 5.73 Å². The zero-order valence-electron chi connectivity index (χ0n) is 7.45. The molecule has 0 saturated carbocycles. The fraction of sp³-hybridized carbons (Fsp3) is 0.444. The molecule has 0 aromatic carbocycles. The lowest BCUT2D eigenvalue weighted by Gasteiger charge is -2.07. The van der Waals surface area contributed by atoms with Gasteiger partial charge in [-0.15, -0.1) is 12.4 Å². The van der Waals surface area contributed by atoms with Crippen molar-refractivity contribution in [1.29, 1.82) is 0 Å². The molecule has 2 nitrogen and oxygen atoms in total. The largest absolute Gasteiger partial charge is 0.323 e. The molecule has 0 bridgehead atoms. The molecule has 0 amide bonds. The predicted molar refractivity (Wildman–Crippen MR) is 53.4 cm³/mol. The molecule has 0 aliphatic heterocycles. The van der Waals surface area contributed by atoms with Crippen LogP contribution in [0, 0.1) is 6.92 Å². The van der Waals surface area contributed by atoms with Crippen LogP contribution in [-0.4, -0.2) is 4.98 Å². The minimum Gasteiger partial charge on any atom is -0.323 e. The van der Waals surface area contributed by atoms with Gasteiger partial charge in [-0.05, 0) is 25.5 Å². The summed E-state index contributed by atoms with van der Waals surface area (Å²) in [7, 11) is 0. The van der Waals surface area contributed by atoms with Crippen LogP contribution in [0.25, 0.3) is 0 Å². The molecule has 2 N–H and O–H groups in total. The van der Waals surface area contributed by atoms with Gasteiger partial charge in [-0.25, -0.2) is 0 Å². The number of pyridine rings is 1. The van der Waals surface area contributed by atoms with E-state index in [4.69, 9.17) is 5.73 Å². The molecule has 0 spiro atoms. The Balaban J connectivity index is 0.00000121. The lowest BCUT2D eigenvalue weighted by Crippen LogP contribution is -2.10. The van der Waals surface area contributed by atoms with Gasteiger partial charge in [-0.2, -0.15) is 0 Å². The zero-order valence-corrected chi connectivity index (χ0v) is 8.27. The molecule has 0 aliphatic carbocycles. The second-order valence-corrected chi connectivity index (χ2v) is 2.72. The summed E-state index contributed by atoms with van der Waals surface area (Å²) in [5, 5.41) is 0. The minimum atomic E-state index is 0. The number of hydrogen-bond donors (Lipinski definition) is 1. The minimum absolute atomic E-state index is 0. The van der Waals surface area contributed by atoms with Gasteiger partial charge in [-0.1, -0.05) is 13.0 Å². The van der Waals surface area contributed by atoms with Gasteiger partial charge >= 0.3 is 0 Å². The average Bonchev–Trinajstić information content (AvgIpc) is 2.03. The molecular formula is C9H15ClN2. The van der Waals surface area contributed by atoms with Crippen molar-refractivity contribution in [2.75, 3.05) is 0 Å². The highest BCUT2D eigenvalue weighted by atomic mass is 35.5. The number of halogens is 1. The number of aryl methyl sites for hydroxylation is 1. The lowest BCUT2D eigenvalue weighted by atomic mass is 10.1. The zero-order chi connectivity index (χ0) is 8.27. The smallest absolute Gasteiger partial charge is 0.0574 e. The van der Waals surface area contributed by atoms with Crippen LogP contribution < -0.4 is 5.73 Å². The maximum absolute atomic E-state index is 5.80. The molecule has 0 radical (unpaired) electrons. The number of aromatic nitrogens is 1. The van der Waals surface area contributed by atoms with Gasteiger partial charge in [0.05, 0.1) is 5.69 Å². The molecule has 1 heterocycles. The van der Waals surface area contributed by atoms with Crippen molar-refractivity contribution < 1.29 is 0 Å². The first kappa shape index (κ1) is 11.4. The fourth-order valence-electron chi connectivity index (χ4n) is 0.980. The van der Waals surface area contributed by atoms with E-state index in [0.717, 1.165) is 17.8 Å². The molecular weight excluding hydrogens is 172 g/mol. The van der Waals surface area contributed by atoms with E-state index in [1.165, 1.54) is 0 Å². The van der Waals surface area contributed by atoms with Crippen LogP contribution in [0.2, 0.25) is 0 Å². The molecule has 1 atom stereocenters. The van der Waals surface area contributed by atoms with E-state index in [-0.39, 0.29) is 18.4 Å². The van der Waals surface area contributed by atoms with Crippen LogP contribution in [0.3, 0.4) is 0 Å². The number of nitrogens with two attached hydrogens (primary N) is 1. The number of nitrogens with zero attached hydrogens (tertiary/aromatic N) is 1. The van der Waals surface area contributed by atoms with Gasteiger partial charge in [0.1, 0.15) is 0 Å². The third-order valence-corrected chi connectivity index (χ3v) is 1.73. The quantitative estimate of drug-likeness (QED) is 0.770. The van der Waals surface area contributed by atoms with Gasteiger partial charge in [0.25, 0.3) is 0 Å². The van der Waals surface area contributed by atoms with Gasteiger partial charge in [0, 0.05) is 11.7 Å². The van der Waals surface area contributed by atoms with E-state index in [0.29, 0.717) is 0 Å². The summed E-state index contributed by atoms with van der Waals surface area (Å²) >= 11 is 0. The Labute approximate surface area is 79.6 Å². The molecule has 0 fully saturated rings.